The number of rotatable bonds is 1. The third-order valence-corrected chi connectivity index (χ3v) is 1.50. The van der Waals surface area contributed by atoms with Crippen molar-refractivity contribution in [2.75, 3.05) is 27.3 Å². The van der Waals surface area contributed by atoms with E-state index in [1.807, 2.05) is 25.2 Å². The van der Waals surface area contributed by atoms with Crippen LogP contribution in [-0.2, 0) is 9.53 Å². The van der Waals surface area contributed by atoms with Crippen molar-refractivity contribution >= 4 is 5.78 Å². The Morgan fingerprint density at radius 3 is 2.82 bits per heavy atom. The van der Waals surface area contributed by atoms with E-state index in [1.54, 1.807) is 0 Å². The van der Waals surface area contributed by atoms with Crippen molar-refractivity contribution < 1.29 is 9.53 Å². The summed E-state index contributed by atoms with van der Waals surface area (Å²) in [5.41, 5.74) is 0.779. The van der Waals surface area contributed by atoms with Crippen LogP contribution in [0, 0.1) is 0 Å². The van der Waals surface area contributed by atoms with Crippen LogP contribution < -0.4 is 0 Å². The van der Waals surface area contributed by atoms with Crippen LogP contribution in [0.5, 0.6) is 0 Å². The molecule has 0 amide bonds. The monoisotopic (exact) mass is 155 g/mol. The molecule has 1 saturated heterocycles. The van der Waals surface area contributed by atoms with Gasteiger partial charge in [0.15, 0.2) is 5.78 Å². The van der Waals surface area contributed by atoms with Crippen molar-refractivity contribution in [2.45, 2.75) is 6.42 Å². The molecule has 11 heavy (non-hydrogen) atoms. The number of nitrogens with zero attached hydrogens (tertiary/aromatic N) is 1. The highest BCUT2D eigenvalue weighted by molar-refractivity contribution is 5.96. The molecule has 0 aromatic heterocycles. The van der Waals surface area contributed by atoms with Gasteiger partial charge in [0.25, 0.3) is 0 Å². The summed E-state index contributed by atoms with van der Waals surface area (Å²) in [6.07, 6.45) is 2.35. The van der Waals surface area contributed by atoms with Gasteiger partial charge >= 0.3 is 0 Å². The molecule has 1 heterocycles. The van der Waals surface area contributed by atoms with E-state index in [4.69, 9.17) is 4.74 Å². The summed E-state index contributed by atoms with van der Waals surface area (Å²) < 4.78 is 5.14. The molecule has 3 nitrogen and oxygen atoms in total. The number of Topliss-reactive ketones (excluding diaryl/α,β-unsaturated/α-hetero) is 1. The summed E-state index contributed by atoms with van der Waals surface area (Å²) in [5.74, 6) is 0.213. The molecule has 0 aliphatic carbocycles. The predicted molar refractivity (Wildman–Crippen MR) is 42.2 cm³/mol. The lowest BCUT2D eigenvalue weighted by Gasteiger charge is -2.15. The highest BCUT2D eigenvalue weighted by Gasteiger charge is 2.14. The minimum absolute atomic E-state index is 0.213. The number of ether oxygens (including phenoxy) is 1. The number of carbonyl (C=O) groups is 1. The number of hydrogen-bond donors (Lipinski definition) is 0. The Kier molecular flexibility index (Phi) is 2.65. The van der Waals surface area contributed by atoms with Crippen molar-refractivity contribution in [3.8, 4) is 0 Å². The van der Waals surface area contributed by atoms with Crippen LogP contribution in [0.2, 0.25) is 0 Å². The molecule has 0 aromatic rings. The fourth-order valence-corrected chi connectivity index (χ4v) is 1.01. The minimum atomic E-state index is 0.213. The van der Waals surface area contributed by atoms with E-state index in [9.17, 15) is 4.79 Å². The SMILES string of the molecule is CN(C)C=C1COCCC1=O. The van der Waals surface area contributed by atoms with Crippen molar-refractivity contribution in [3.63, 3.8) is 0 Å². The third-order valence-electron chi connectivity index (χ3n) is 1.50. The highest BCUT2D eigenvalue weighted by Crippen LogP contribution is 2.08. The molecule has 0 bridgehead atoms. The summed E-state index contributed by atoms with van der Waals surface area (Å²) >= 11 is 0. The maximum atomic E-state index is 11.2. The van der Waals surface area contributed by atoms with E-state index in [-0.39, 0.29) is 5.78 Å². The smallest absolute Gasteiger partial charge is 0.164 e. The second-order valence-electron chi connectivity index (χ2n) is 2.84. The Morgan fingerprint density at radius 2 is 2.27 bits per heavy atom. The highest BCUT2D eigenvalue weighted by atomic mass is 16.5. The van der Waals surface area contributed by atoms with Gasteiger partial charge in [-0.05, 0) is 0 Å². The summed E-state index contributed by atoms with van der Waals surface area (Å²) in [7, 11) is 3.80. The van der Waals surface area contributed by atoms with E-state index in [1.165, 1.54) is 0 Å². The Morgan fingerprint density at radius 1 is 1.55 bits per heavy atom. The van der Waals surface area contributed by atoms with Crippen LogP contribution in [0.4, 0.5) is 0 Å². The molecule has 62 valence electrons. The van der Waals surface area contributed by atoms with E-state index in [2.05, 4.69) is 0 Å². The standard InChI is InChI=1S/C8H13NO2/c1-9(2)5-7-6-11-4-3-8(7)10/h5H,3-4,6H2,1-2H3. The molecule has 0 unspecified atom stereocenters. The van der Waals surface area contributed by atoms with Gasteiger partial charge in [-0.1, -0.05) is 0 Å². The normalized spacial score (nSPS) is 22.4. The third kappa shape index (κ3) is 2.35. The van der Waals surface area contributed by atoms with Gasteiger partial charge < -0.3 is 9.64 Å². The molecule has 0 atom stereocenters. The quantitative estimate of drug-likeness (QED) is 0.514. The zero-order chi connectivity index (χ0) is 8.27. The first kappa shape index (κ1) is 8.27. The summed E-state index contributed by atoms with van der Waals surface area (Å²) in [6, 6.07) is 0. The second-order valence-corrected chi connectivity index (χ2v) is 2.84. The van der Waals surface area contributed by atoms with Crippen LogP contribution in [0.25, 0.3) is 0 Å². The maximum Gasteiger partial charge on any atom is 0.164 e. The van der Waals surface area contributed by atoms with Crippen molar-refractivity contribution in [2.24, 2.45) is 0 Å². The molecule has 0 radical (unpaired) electrons. The molecule has 1 aliphatic heterocycles. The first-order valence-electron chi connectivity index (χ1n) is 3.68. The largest absolute Gasteiger partial charge is 0.383 e. The summed E-state index contributed by atoms with van der Waals surface area (Å²) in [5, 5.41) is 0. The molecule has 0 spiro atoms. The lowest BCUT2D eigenvalue weighted by atomic mass is 10.1. The van der Waals surface area contributed by atoms with Crippen LogP contribution in [-0.4, -0.2) is 38.0 Å². The molecular weight excluding hydrogens is 142 g/mol. The molecule has 1 fully saturated rings. The zero-order valence-electron chi connectivity index (χ0n) is 6.96. The van der Waals surface area contributed by atoms with E-state index in [0.717, 1.165) is 5.57 Å². The van der Waals surface area contributed by atoms with Gasteiger partial charge in [-0.15, -0.1) is 0 Å². The van der Waals surface area contributed by atoms with Crippen LogP contribution in [0.15, 0.2) is 11.8 Å². The van der Waals surface area contributed by atoms with E-state index >= 15 is 0 Å². The Balaban J connectivity index is 2.61. The minimum Gasteiger partial charge on any atom is -0.383 e. The molecule has 1 aliphatic rings. The first-order valence-corrected chi connectivity index (χ1v) is 3.68. The summed E-state index contributed by atoms with van der Waals surface area (Å²) in [4.78, 5) is 13.0. The van der Waals surface area contributed by atoms with Crippen LogP contribution in [0.3, 0.4) is 0 Å². The predicted octanol–water partition coefficient (Wildman–Crippen LogP) is 0.421. The van der Waals surface area contributed by atoms with Gasteiger partial charge in [0, 0.05) is 32.3 Å². The van der Waals surface area contributed by atoms with Gasteiger partial charge in [0.1, 0.15) is 0 Å². The maximum absolute atomic E-state index is 11.2. The van der Waals surface area contributed by atoms with E-state index in [0.29, 0.717) is 19.6 Å². The first-order chi connectivity index (χ1) is 5.20. The van der Waals surface area contributed by atoms with Gasteiger partial charge in [-0.3, -0.25) is 4.79 Å². The molecular formula is C8H13NO2. The van der Waals surface area contributed by atoms with E-state index < -0.39 is 0 Å². The Bertz CT molecular complexity index is 185. The molecule has 0 saturated carbocycles. The average Bonchev–Trinajstić information content (AvgIpc) is 1.93. The zero-order valence-corrected chi connectivity index (χ0v) is 6.96. The fourth-order valence-electron chi connectivity index (χ4n) is 1.01. The van der Waals surface area contributed by atoms with Gasteiger partial charge in [-0.2, -0.15) is 0 Å². The van der Waals surface area contributed by atoms with Gasteiger partial charge in [0.2, 0.25) is 0 Å². The molecule has 3 heteroatoms. The van der Waals surface area contributed by atoms with Crippen LogP contribution >= 0.6 is 0 Å². The van der Waals surface area contributed by atoms with Crippen molar-refractivity contribution in [1.82, 2.24) is 4.90 Å². The number of hydrogen-bond acceptors (Lipinski definition) is 3. The topological polar surface area (TPSA) is 29.5 Å². The van der Waals surface area contributed by atoms with Crippen molar-refractivity contribution in [1.29, 1.82) is 0 Å². The fraction of sp³-hybridized carbons (Fsp3) is 0.625. The van der Waals surface area contributed by atoms with Gasteiger partial charge in [0.05, 0.1) is 13.2 Å². The van der Waals surface area contributed by atoms with Crippen LogP contribution in [0.1, 0.15) is 6.42 Å². The number of carbonyl (C=O) groups excluding carboxylic acids is 1. The Hall–Kier alpha value is -0.830. The second kappa shape index (κ2) is 3.53. The molecule has 0 aromatic carbocycles. The average molecular weight is 155 g/mol. The molecule has 0 N–H and O–H groups in total. The summed E-state index contributed by atoms with van der Waals surface area (Å²) in [6.45, 7) is 1.04. The Labute approximate surface area is 66.6 Å². The van der Waals surface area contributed by atoms with Crippen molar-refractivity contribution in [3.05, 3.63) is 11.8 Å². The lowest BCUT2D eigenvalue weighted by Crippen LogP contribution is -2.20. The lowest BCUT2D eigenvalue weighted by molar-refractivity contribution is -0.119. The number of ketones is 1. The van der Waals surface area contributed by atoms with Gasteiger partial charge in [-0.25, -0.2) is 0 Å². The molecule has 1 rings (SSSR count).